The van der Waals surface area contributed by atoms with Crippen LogP contribution in [0.3, 0.4) is 0 Å². The van der Waals surface area contributed by atoms with Crippen molar-refractivity contribution in [2.45, 2.75) is 117 Å². The van der Waals surface area contributed by atoms with E-state index in [1.54, 1.807) is 0 Å². The zero-order valence-electron chi connectivity index (χ0n) is 20.7. The lowest BCUT2D eigenvalue weighted by molar-refractivity contribution is 0.289. The summed E-state index contributed by atoms with van der Waals surface area (Å²) >= 11 is 9.83. The summed E-state index contributed by atoms with van der Waals surface area (Å²) in [6, 6.07) is 0. The van der Waals surface area contributed by atoms with Gasteiger partial charge in [0.2, 0.25) is 0 Å². The fourth-order valence-corrected chi connectivity index (χ4v) is 4.12. The standard InChI is InChI=1S/C26H48O4S2/c1-23(31)29-21-13-9-5-3-7-11-15-25(17-19-27)26(18-20-28)16-12-8-4-6-10-14-22-30-24(2)32/h27-28H,3-22H2,1-2H3/b26-25-. The van der Waals surface area contributed by atoms with E-state index < -0.39 is 0 Å². The molecule has 0 rings (SSSR count). The molecule has 0 atom stereocenters. The molecule has 0 aromatic carbocycles. The molecule has 0 amide bonds. The van der Waals surface area contributed by atoms with E-state index >= 15 is 0 Å². The van der Waals surface area contributed by atoms with Gasteiger partial charge in [-0.2, -0.15) is 0 Å². The predicted octanol–water partition coefficient (Wildman–Crippen LogP) is 7.24. The van der Waals surface area contributed by atoms with Gasteiger partial charge in [0.15, 0.2) is 10.1 Å². The van der Waals surface area contributed by atoms with Crippen LogP contribution in [0.15, 0.2) is 11.1 Å². The molecular weight excluding hydrogens is 440 g/mol. The third-order valence-corrected chi connectivity index (χ3v) is 5.92. The average molecular weight is 489 g/mol. The molecular formula is C26H48O4S2. The minimum atomic E-state index is 0.201. The maximum atomic E-state index is 9.53. The van der Waals surface area contributed by atoms with Gasteiger partial charge in [-0.25, -0.2) is 0 Å². The Bertz CT molecular complexity index is 462. The van der Waals surface area contributed by atoms with Crippen molar-refractivity contribution in [1.82, 2.24) is 0 Å². The van der Waals surface area contributed by atoms with Crippen molar-refractivity contribution in [2.24, 2.45) is 0 Å². The summed E-state index contributed by atoms with van der Waals surface area (Å²) in [5.74, 6) is 0. The summed E-state index contributed by atoms with van der Waals surface area (Å²) < 4.78 is 10.7. The Kier molecular flexibility index (Phi) is 23.2. The van der Waals surface area contributed by atoms with Crippen molar-refractivity contribution in [3.05, 3.63) is 11.1 Å². The molecule has 188 valence electrons. The number of hydrogen-bond acceptors (Lipinski definition) is 6. The van der Waals surface area contributed by atoms with Crippen LogP contribution < -0.4 is 0 Å². The first-order chi connectivity index (χ1) is 15.5. The van der Waals surface area contributed by atoms with Crippen molar-refractivity contribution >= 4 is 34.5 Å². The Labute approximate surface area is 208 Å². The smallest absolute Gasteiger partial charge is 0.156 e. The average Bonchev–Trinajstić information content (AvgIpc) is 2.75. The SMILES string of the molecule is CC(=S)OCCCCCCCC/C(CCO)=C(/CCO)CCCCCCCCOC(C)=S. The van der Waals surface area contributed by atoms with Gasteiger partial charge in [-0.15, -0.1) is 0 Å². The lowest BCUT2D eigenvalue weighted by atomic mass is 9.92. The van der Waals surface area contributed by atoms with Crippen molar-refractivity contribution < 1.29 is 19.7 Å². The quantitative estimate of drug-likeness (QED) is 0.0951. The summed E-state index contributed by atoms with van der Waals surface area (Å²) in [6.07, 6.45) is 17.9. The largest absolute Gasteiger partial charge is 0.487 e. The zero-order chi connectivity index (χ0) is 23.9. The molecule has 6 heteroatoms. The van der Waals surface area contributed by atoms with Crippen LogP contribution in [0.5, 0.6) is 0 Å². The second kappa shape index (κ2) is 23.6. The minimum absolute atomic E-state index is 0.201. The molecule has 0 aliphatic heterocycles. The Hall–Kier alpha value is -0.560. The number of thiocarbonyl (C=S) groups is 2. The Morgan fingerprint density at radius 2 is 0.812 bits per heavy atom. The molecule has 0 saturated heterocycles. The molecule has 0 fully saturated rings. The number of ether oxygens (including phenoxy) is 2. The first kappa shape index (κ1) is 31.4. The van der Waals surface area contributed by atoms with E-state index in [0.717, 1.165) is 51.7 Å². The number of aliphatic hydroxyl groups excluding tert-OH is 2. The molecule has 0 spiro atoms. The molecule has 0 aromatic rings. The van der Waals surface area contributed by atoms with Crippen LogP contribution in [-0.4, -0.2) is 46.7 Å². The van der Waals surface area contributed by atoms with Crippen LogP contribution in [0.1, 0.15) is 117 Å². The van der Waals surface area contributed by atoms with Gasteiger partial charge >= 0.3 is 0 Å². The number of hydrogen-bond donors (Lipinski definition) is 2. The Morgan fingerprint density at radius 1 is 0.500 bits per heavy atom. The highest BCUT2D eigenvalue weighted by atomic mass is 32.1. The normalized spacial score (nSPS) is 11.9. The molecule has 0 aromatic heterocycles. The van der Waals surface area contributed by atoms with Gasteiger partial charge in [0, 0.05) is 27.1 Å². The van der Waals surface area contributed by atoms with Crippen LogP contribution in [-0.2, 0) is 9.47 Å². The van der Waals surface area contributed by atoms with Crippen molar-refractivity contribution in [3.8, 4) is 0 Å². The molecule has 2 N–H and O–H groups in total. The van der Waals surface area contributed by atoms with Gasteiger partial charge in [-0.05, 0) is 75.8 Å². The van der Waals surface area contributed by atoms with E-state index in [2.05, 4.69) is 0 Å². The van der Waals surface area contributed by atoms with Crippen LogP contribution >= 0.6 is 24.4 Å². The summed E-state index contributed by atoms with van der Waals surface area (Å²) in [5, 5.41) is 20.3. The lowest BCUT2D eigenvalue weighted by Gasteiger charge is -2.15. The van der Waals surface area contributed by atoms with Crippen LogP contribution in [0.25, 0.3) is 0 Å². The number of unbranched alkanes of at least 4 members (excludes halogenated alkanes) is 10. The first-order valence-electron chi connectivity index (χ1n) is 12.7. The second-order valence-electron chi connectivity index (χ2n) is 8.58. The Morgan fingerprint density at radius 3 is 1.12 bits per heavy atom. The fourth-order valence-electron chi connectivity index (χ4n) is 3.95. The van der Waals surface area contributed by atoms with Crippen LogP contribution in [0.4, 0.5) is 0 Å². The molecule has 0 aliphatic carbocycles. The van der Waals surface area contributed by atoms with Gasteiger partial charge in [-0.3, -0.25) is 0 Å². The number of rotatable bonds is 22. The monoisotopic (exact) mass is 488 g/mol. The van der Waals surface area contributed by atoms with E-state index in [9.17, 15) is 10.2 Å². The first-order valence-corrected chi connectivity index (χ1v) is 13.5. The molecule has 4 nitrogen and oxygen atoms in total. The fraction of sp³-hybridized carbons (Fsp3) is 0.846. The summed E-state index contributed by atoms with van der Waals surface area (Å²) in [6.45, 7) is 5.52. The summed E-state index contributed by atoms with van der Waals surface area (Å²) in [4.78, 5) is 0. The van der Waals surface area contributed by atoms with Crippen LogP contribution in [0, 0.1) is 0 Å². The van der Waals surface area contributed by atoms with Gasteiger partial charge < -0.3 is 19.7 Å². The van der Waals surface area contributed by atoms with E-state index in [1.807, 2.05) is 13.8 Å². The molecule has 0 saturated carbocycles. The maximum absolute atomic E-state index is 9.53. The van der Waals surface area contributed by atoms with Crippen molar-refractivity contribution in [2.75, 3.05) is 26.4 Å². The predicted molar refractivity (Wildman–Crippen MR) is 144 cm³/mol. The molecule has 0 bridgehead atoms. The van der Waals surface area contributed by atoms with Crippen molar-refractivity contribution in [3.63, 3.8) is 0 Å². The third kappa shape index (κ3) is 21.3. The second-order valence-corrected chi connectivity index (χ2v) is 9.73. The molecule has 0 radical (unpaired) electrons. The molecule has 0 heterocycles. The van der Waals surface area contributed by atoms with Gasteiger partial charge in [-0.1, -0.05) is 62.5 Å². The zero-order valence-corrected chi connectivity index (χ0v) is 22.3. The lowest BCUT2D eigenvalue weighted by Crippen LogP contribution is -2.00. The summed E-state index contributed by atoms with van der Waals surface area (Å²) in [7, 11) is 0. The van der Waals surface area contributed by atoms with E-state index in [4.69, 9.17) is 33.9 Å². The Balaban J connectivity index is 4.09. The maximum Gasteiger partial charge on any atom is 0.156 e. The van der Waals surface area contributed by atoms with E-state index in [1.165, 1.54) is 75.4 Å². The molecule has 0 aliphatic rings. The van der Waals surface area contributed by atoms with Gasteiger partial charge in [0.05, 0.1) is 13.2 Å². The van der Waals surface area contributed by atoms with Gasteiger partial charge in [0.1, 0.15) is 0 Å². The topological polar surface area (TPSA) is 58.9 Å². The highest BCUT2D eigenvalue weighted by molar-refractivity contribution is 7.80. The van der Waals surface area contributed by atoms with E-state index in [0.29, 0.717) is 10.1 Å². The number of aliphatic hydroxyl groups is 2. The van der Waals surface area contributed by atoms with E-state index in [-0.39, 0.29) is 13.2 Å². The highest BCUT2D eigenvalue weighted by Crippen LogP contribution is 2.24. The van der Waals surface area contributed by atoms with Gasteiger partial charge in [0.25, 0.3) is 0 Å². The molecule has 32 heavy (non-hydrogen) atoms. The summed E-state index contributed by atoms with van der Waals surface area (Å²) in [5.41, 5.74) is 2.78. The minimum Gasteiger partial charge on any atom is -0.487 e. The molecule has 0 unspecified atom stereocenters. The highest BCUT2D eigenvalue weighted by Gasteiger charge is 2.07. The van der Waals surface area contributed by atoms with Crippen molar-refractivity contribution in [1.29, 1.82) is 0 Å². The third-order valence-electron chi connectivity index (χ3n) is 5.68. The van der Waals surface area contributed by atoms with Crippen LogP contribution in [0.2, 0.25) is 0 Å².